The lowest BCUT2D eigenvalue weighted by Gasteiger charge is -2.16. The van der Waals surface area contributed by atoms with Gasteiger partial charge < -0.3 is 10.1 Å². The van der Waals surface area contributed by atoms with Crippen LogP contribution in [0.25, 0.3) is 0 Å². The van der Waals surface area contributed by atoms with Gasteiger partial charge in [0.2, 0.25) is 0 Å². The van der Waals surface area contributed by atoms with E-state index in [4.69, 9.17) is 27.9 Å². The van der Waals surface area contributed by atoms with Crippen molar-refractivity contribution in [1.82, 2.24) is 0 Å². The minimum absolute atomic E-state index is 0.230. The fourth-order valence-electron chi connectivity index (χ4n) is 1.77. The number of aryl methyl sites for hydroxylation is 1. The van der Waals surface area contributed by atoms with Gasteiger partial charge in [-0.15, -0.1) is 0 Å². The molecule has 2 aromatic carbocycles. The van der Waals surface area contributed by atoms with Gasteiger partial charge in [0, 0.05) is 15.7 Å². The van der Waals surface area contributed by atoms with Crippen LogP contribution in [0.2, 0.25) is 10.0 Å². The van der Waals surface area contributed by atoms with Gasteiger partial charge in [0.05, 0.1) is 0 Å². The Bertz CT molecular complexity index is 641. The van der Waals surface area contributed by atoms with Crippen LogP contribution < -0.4 is 10.1 Å². The van der Waals surface area contributed by atoms with Crippen molar-refractivity contribution in [3.05, 3.63) is 58.1 Å². The summed E-state index contributed by atoms with van der Waals surface area (Å²) in [5.74, 6) is 0.407. The van der Waals surface area contributed by atoms with Gasteiger partial charge >= 0.3 is 0 Å². The summed E-state index contributed by atoms with van der Waals surface area (Å²) in [7, 11) is 0. The van der Waals surface area contributed by atoms with Crippen LogP contribution in [0.5, 0.6) is 5.75 Å². The number of hydrogen-bond acceptors (Lipinski definition) is 2. The molecule has 0 aromatic heterocycles. The molecule has 110 valence electrons. The molecule has 0 saturated heterocycles. The normalized spacial score (nSPS) is 11.8. The van der Waals surface area contributed by atoms with Crippen LogP contribution in [-0.4, -0.2) is 12.0 Å². The molecule has 3 nitrogen and oxygen atoms in total. The molecule has 0 fully saturated rings. The van der Waals surface area contributed by atoms with E-state index < -0.39 is 6.10 Å². The van der Waals surface area contributed by atoms with Gasteiger partial charge in [0.15, 0.2) is 6.10 Å². The number of nitrogens with one attached hydrogen (secondary N) is 1. The third-order valence-electron chi connectivity index (χ3n) is 2.92. The van der Waals surface area contributed by atoms with Gasteiger partial charge in [0.1, 0.15) is 5.75 Å². The Balaban J connectivity index is 2.00. The van der Waals surface area contributed by atoms with Gasteiger partial charge in [0.25, 0.3) is 5.91 Å². The number of hydrogen-bond donors (Lipinski definition) is 1. The number of benzene rings is 2. The van der Waals surface area contributed by atoms with E-state index in [-0.39, 0.29) is 5.91 Å². The molecule has 2 rings (SSSR count). The topological polar surface area (TPSA) is 38.3 Å². The van der Waals surface area contributed by atoms with E-state index in [9.17, 15) is 4.79 Å². The molecule has 5 heteroatoms. The zero-order valence-electron chi connectivity index (χ0n) is 11.7. The molecule has 2 aromatic rings. The summed E-state index contributed by atoms with van der Waals surface area (Å²) in [5, 5.41) is 4.03. The van der Waals surface area contributed by atoms with Crippen LogP contribution >= 0.6 is 23.2 Å². The van der Waals surface area contributed by atoms with Gasteiger partial charge in [-0.1, -0.05) is 23.2 Å². The van der Waals surface area contributed by atoms with Crippen LogP contribution in [0.1, 0.15) is 12.5 Å². The quantitative estimate of drug-likeness (QED) is 0.885. The summed E-state index contributed by atoms with van der Waals surface area (Å²) >= 11 is 11.7. The Kier molecular flexibility index (Phi) is 5.10. The largest absolute Gasteiger partial charge is 0.481 e. The predicted molar refractivity (Wildman–Crippen MR) is 86.4 cm³/mol. The third-order valence-corrected chi connectivity index (χ3v) is 3.41. The van der Waals surface area contributed by atoms with Gasteiger partial charge in [-0.25, -0.2) is 0 Å². The number of carbonyl (C=O) groups is 1. The second-order valence-electron chi connectivity index (χ2n) is 4.67. The molecule has 1 atom stereocenters. The molecular formula is C16H15Cl2NO2. The van der Waals surface area contributed by atoms with Crippen LogP contribution in [-0.2, 0) is 4.79 Å². The summed E-state index contributed by atoms with van der Waals surface area (Å²) in [6.07, 6.45) is -0.624. The van der Waals surface area contributed by atoms with Crippen molar-refractivity contribution in [3.63, 3.8) is 0 Å². The summed E-state index contributed by atoms with van der Waals surface area (Å²) in [5.41, 5.74) is 1.56. The summed E-state index contributed by atoms with van der Waals surface area (Å²) in [4.78, 5) is 12.1. The van der Waals surface area contributed by atoms with Crippen molar-refractivity contribution in [1.29, 1.82) is 0 Å². The summed E-state index contributed by atoms with van der Waals surface area (Å²) < 4.78 is 5.66. The highest BCUT2D eigenvalue weighted by atomic mass is 35.5. The van der Waals surface area contributed by atoms with E-state index in [0.29, 0.717) is 21.5 Å². The smallest absolute Gasteiger partial charge is 0.265 e. The lowest BCUT2D eigenvalue weighted by molar-refractivity contribution is -0.122. The molecule has 0 aliphatic rings. The number of halogens is 2. The first-order valence-electron chi connectivity index (χ1n) is 6.45. The van der Waals surface area contributed by atoms with Crippen molar-refractivity contribution in [2.24, 2.45) is 0 Å². The van der Waals surface area contributed by atoms with Crippen LogP contribution in [0.4, 0.5) is 5.69 Å². The Morgan fingerprint density at radius 1 is 1.10 bits per heavy atom. The molecule has 21 heavy (non-hydrogen) atoms. The van der Waals surface area contributed by atoms with Gasteiger partial charge in [-0.3, -0.25) is 4.79 Å². The lowest BCUT2D eigenvalue weighted by atomic mass is 10.2. The maximum atomic E-state index is 12.1. The van der Waals surface area contributed by atoms with Crippen molar-refractivity contribution in [2.75, 3.05) is 5.32 Å². The van der Waals surface area contributed by atoms with Crippen LogP contribution in [0.3, 0.4) is 0 Å². The minimum Gasteiger partial charge on any atom is -0.481 e. The van der Waals surface area contributed by atoms with E-state index in [1.807, 2.05) is 6.92 Å². The fourth-order valence-corrected chi connectivity index (χ4v) is 2.12. The van der Waals surface area contributed by atoms with Crippen molar-refractivity contribution >= 4 is 34.8 Å². The van der Waals surface area contributed by atoms with E-state index in [1.54, 1.807) is 49.4 Å². The number of amides is 1. The third kappa shape index (κ3) is 4.38. The fraction of sp³-hybridized carbons (Fsp3) is 0.188. The van der Waals surface area contributed by atoms with Gasteiger partial charge in [-0.2, -0.15) is 0 Å². The monoisotopic (exact) mass is 323 g/mol. The maximum absolute atomic E-state index is 12.1. The second-order valence-corrected chi connectivity index (χ2v) is 5.54. The molecule has 0 spiro atoms. The first-order valence-corrected chi connectivity index (χ1v) is 7.20. The molecule has 0 heterocycles. The molecule has 0 saturated carbocycles. The minimum atomic E-state index is -0.624. The Morgan fingerprint density at radius 3 is 2.33 bits per heavy atom. The SMILES string of the molecule is Cc1cc(Cl)ccc1OC(C)C(=O)Nc1ccc(Cl)cc1. The Morgan fingerprint density at radius 2 is 1.71 bits per heavy atom. The molecule has 0 aliphatic heterocycles. The van der Waals surface area contributed by atoms with Crippen LogP contribution in [0, 0.1) is 6.92 Å². The van der Waals surface area contributed by atoms with Crippen molar-refractivity contribution in [3.8, 4) is 5.75 Å². The summed E-state index contributed by atoms with van der Waals surface area (Å²) in [6, 6.07) is 12.2. The molecule has 0 bridgehead atoms. The van der Waals surface area contributed by atoms with Crippen molar-refractivity contribution in [2.45, 2.75) is 20.0 Å². The van der Waals surface area contributed by atoms with Crippen molar-refractivity contribution < 1.29 is 9.53 Å². The second kappa shape index (κ2) is 6.83. The maximum Gasteiger partial charge on any atom is 0.265 e. The molecule has 0 aliphatic carbocycles. The average Bonchev–Trinajstić information content (AvgIpc) is 2.44. The first kappa shape index (κ1) is 15.7. The predicted octanol–water partition coefficient (Wildman–Crippen LogP) is 4.71. The standard InChI is InChI=1S/C16H15Cl2NO2/c1-10-9-13(18)5-8-15(10)21-11(2)16(20)19-14-6-3-12(17)4-7-14/h3-9,11H,1-2H3,(H,19,20). The van der Waals surface area contributed by atoms with Gasteiger partial charge in [-0.05, 0) is 61.9 Å². The van der Waals surface area contributed by atoms with E-state index >= 15 is 0 Å². The zero-order valence-corrected chi connectivity index (χ0v) is 13.2. The zero-order chi connectivity index (χ0) is 15.4. The molecular weight excluding hydrogens is 309 g/mol. The number of anilines is 1. The lowest BCUT2D eigenvalue weighted by Crippen LogP contribution is -2.30. The molecule has 0 radical (unpaired) electrons. The average molecular weight is 324 g/mol. The highest BCUT2D eigenvalue weighted by molar-refractivity contribution is 6.31. The molecule has 1 amide bonds. The van der Waals surface area contributed by atoms with Crippen LogP contribution in [0.15, 0.2) is 42.5 Å². The highest BCUT2D eigenvalue weighted by Crippen LogP contribution is 2.23. The number of carbonyl (C=O) groups excluding carboxylic acids is 1. The molecule has 1 unspecified atom stereocenters. The number of ether oxygens (including phenoxy) is 1. The highest BCUT2D eigenvalue weighted by Gasteiger charge is 2.15. The van der Waals surface area contributed by atoms with E-state index in [2.05, 4.69) is 5.32 Å². The van der Waals surface area contributed by atoms with E-state index in [0.717, 1.165) is 5.56 Å². The molecule has 1 N–H and O–H groups in total. The van der Waals surface area contributed by atoms with E-state index in [1.165, 1.54) is 0 Å². The number of rotatable bonds is 4. The first-order chi connectivity index (χ1) is 9.95. The Hall–Kier alpha value is -1.71. The summed E-state index contributed by atoms with van der Waals surface area (Å²) in [6.45, 7) is 3.57. The Labute approximate surface area is 133 Å².